The number of aliphatic hydroxyl groups excluding tert-OH is 1. The second-order valence-corrected chi connectivity index (χ2v) is 4.34. The molecular weight excluding hydrogens is 273 g/mol. The van der Waals surface area contributed by atoms with Gasteiger partial charge in [-0.2, -0.15) is 13.2 Å². The molecule has 1 aromatic rings. The third kappa shape index (κ3) is 5.58. The Kier molecular flexibility index (Phi) is 5.97. The van der Waals surface area contributed by atoms with E-state index in [1.165, 1.54) is 11.9 Å². The fourth-order valence-corrected chi connectivity index (χ4v) is 1.70. The number of para-hydroxylation sites is 1. The van der Waals surface area contributed by atoms with Gasteiger partial charge in [-0.25, -0.2) is 0 Å². The first kappa shape index (κ1) is 16.5. The Labute approximate surface area is 115 Å². The van der Waals surface area contributed by atoms with Gasteiger partial charge in [-0.05, 0) is 12.1 Å². The van der Waals surface area contributed by atoms with E-state index in [9.17, 15) is 18.0 Å². The van der Waals surface area contributed by atoms with Crippen LogP contribution in [-0.4, -0.2) is 55.4 Å². The number of rotatable bonds is 6. The van der Waals surface area contributed by atoms with Crippen molar-refractivity contribution in [1.29, 1.82) is 0 Å². The van der Waals surface area contributed by atoms with E-state index in [1.807, 2.05) is 0 Å². The van der Waals surface area contributed by atoms with E-state index in [-0.39, 0.29) is 6.54 Å². The lowest BCUT2D eigenvalue weighted by molar-refractivity contribution is -0.149. The van der Waals surface area contributed by atoms with Crippen LogP contribution in [0.25, 0.3) is 0 Å². The molecule has 20 heavy (non-hydrogen) atoms. The first-order valence-corrected chi connectivity index (χ1v) is 6.05. The number of aliphatic hydroxyl groups is 1. The molecule has 1 aromatic carbocycles. The number of likely N-dealkylation sites (N-methyl/N-ethyl adjacent to an activating group) is 1. The van der Waals surface area contributed by atoms with Gasteiger partial charge in [-0.3, -0.25) is 9.69 Å². The van der Waals surface area contributed by atoms with E-state index in [0.717, 1.165) is 4.90 Å². The number of nitrogens with zero attached hydrogens (tertiary/aromatic N) is 2. The minimum absolute atomic E-state index is 0.201. The minimum atomic E-state index is -4.40. The van der Waals surface area contributed by atoms with Crippen molar-refractivity contribution in [3.8, 4) is 0 Å². The lowest BCUT2D eigenvalue weighted by atomic mass is 10.3. The summed E-state index contributed by atoms with van der Waals surface area (Å²) in [5, 5.41) is 8.77. The lowest BCUT2D eigenvalue weighted by Gasteiger charge is -2.25. The van der Waals surface area contributed by atoms with Crippen molar-refractivity contribution in [2.45, 2.75) is 6.18 Å². The van der Waals surface area contributed by atoms with Gasteiger partial charge in [0.25, 0.3) is 0 Å². The molecule has 0 bridgehead atoms. The highest BCUT2D eigenvalue weighted by Crippen LogP contribution is 2.17. The van der Waals surface area contributed by atoms with E-state index in [0.29, 0.717) is 5.69 Å². The molecule has 0 aliphatic rings. The second-order valence-electron chi connectivity index (χ2n) is 4.34. The number of alkyl halides is 3. The molecule has 112 valence electrons. The first-order valence-electron chi connectivity index (χ1n) is 6.05. The summed E-state index contributed by atoms with van der Waals surface area (Å²) in [6.45, 7) is -2.25. The number of anilines is 1. The highest BCUT2D eigenvalue weighted by atomic mass is 19.4. The summed E-state index contributed by atoms with van der Waals surface area (Å²) in [7, 11) is 1.50. The summed E-state index contributed by atoms with van der Waals surface area (Å²) in [6.07, 6.45) is -4.40. The second kappa shape index (κ2) is 7.25. The van der Waals surface area contributed by atoms with Gasteiger partial charge >= 0.3 is 6.18 Å². The molecule has 1 amide bonds. The number of benzene rings is 1. The summed E-state index contributed by atoms with van der Waals surface area (Å²) < 4.78 is 37.1. The van der Waals surface area contributed by atoms with Gasteiger partial charge in [0.1, 0.15) is 0 Å². The highest BCUT2D eigenvalue weighted by molar-refractivity contribution is 5.94. The van der Waals surface area contributed by atoms with Gasteiger partial charge in [0.2, 0.25) is 5.91 Å². The van der Waals surface area contributed by atoms with Crippen molar-refractivity contribution in [1.82, 2.24) is 4.90 Å². The Hall–Kier alpha value is -1.60. The number of carbonyl (C=O) groups is 1. The molecule has 4 nitrogen and oxygen atoms in total. The van der Waals surface area contributed by atoms with Crippen LogP contribution in [0.4, 0.5) is 18.9 Å². The third-order valence-electron chi connectivity index (χ3n) is 2.70. The van der Waals surface area contributed by atoms with E-state index < -0.39 is 31.8 Å². The topological polar surface area (TPSA) is 43.8 Å². The normalized spacial score (nSPS) is 11.7. The zero-order valence-corrected chi connectivity index (χ0v) is 11.1. The molecule has 0 aliphatic heterocycles. The standard InChI is InChI=1S/C13H17F3N2O2/c1-17(11-5-3-2-4-6-11)12(20)9-18(7-8-19)10-13(14,15)16/h2-6,19H,7-10H2,1H3. The minimum Gasteiger partial charge on any atom is -0.395 e. The Bertz CT molecular complexity index is 423. The smallest absolute Gasteiger partial charge is 0.395 e. The van der Waals surface area contributed by atoms with Gasteiger partial charge in [0, 0.05) is 19.3 Å². The summed E-state index contributed by atoms with van der Waals surface area (Å²) in [4.78, 5) is 14.1. The first-order chi connectivity index (χ1) is 9.33. The Morgan fingerprint density at radius 3 is 2.35 bits per heavy atom. The third-order valence-corrected chi connectivity index (χ3v) is 2.70. The molecule has 1 N–H and O–H groups in total. The van der Waals surface area contributed by atoms with Crippen molar-refractivity contribution in [3.05, 3.63) is 30.3 Å². The average molecular weight is 290 g/mol. The zero-order valence-electron chi connectivity index (χ0n) is 11.1. The maximum absolute atomic E-state index is 12.4. The molecule has 0 atom stereocenters. The van der Waals surface area contributed by atoms with Crippen molar-refractivity contribution in [2.24, 2.45) is 0 Å². The summed E-state index contributed by atoms with van der Waals surface area (Å²) >= 11 is 0. The Morgan fingerprint density at radius 1 is 1.25 bits per heavy atom. The van der Waals surface area contributed by atoms with Crippen molar-refractivity contribution in [3.63, 3.8) is 0 Å². The molecule has 0 saturated heterocycles. The largest absolute Gasteiger partial charge is 0.401 e. The molecular formula is C13H17F3N2O2. The molecule has 0 fully saturated rings. The number of hydrogen-bond acceptors (Lipinski definition) is 3. The van der Waals surface area contributed by atoms with Gasteiger partial charge in [0.05, 0.1) is 19.7 Å². The Morgan fingerprint density at radius 2 is 1.85 bits per heavy atom. The summed E-state index contributed by atoms with van der Waals surface area (Å²) in [6, 6.07) is 8.64. The average Bonchev–Trinajstić information content (AvgIpc) is 2.37. The van der Waals surface area contributed by atoms with Gasteiger partial charge < -0.3 is 10.0 Å². The molecule has 0 unspecified atom stereocenters. The molecule has 0 aliphatic carbocycles. The fourth-order valence-electron chi connectivity index (χ4n) is 1.70. The molecule has 0 spiro atoms. The van der Waals surface area contributed by atoms with Crippen LogP contribution in [0.1, 0.15) is 0 Å². The predicted octanol–water partition coefficient (Wildman–Crippen LogP) is 1.51. The SMILES string of the molecule is CN(C(=O)CN(CCO)CC(F)(F)F)c1ccccc1. The van der Waals surface area contributed by atoms with Crippen LogP contribution in [0.2, 0.25) is 0 Å². The zero-order chi connectivity index (χ0) is 15.2. The Balaban J connectivity index is 2.66. The maximum Gasteiger partial charge on any atom is 0.401 e. The molecule has 7 heteroatoms. The predicted molar refractivity (Wildman–Crippen MR) is 69.4 cm³/mol. The van der Waals surface area contributed by atoms with Crippen LogP contribution in [0.3, 0.4) is 0 Å². The number of hydrogen-bond donors (Lipinski definition) is 1. The van der Waals surface area contributed by atoms with Gasteiger partial charge in [0.15, 0.2) is 0 Å². The highest BCUT2D eigenvalue weighted by Gasteiger charge is 2.31. The van der Waals surface area contributed by atoms with Crippen LogP contribution in [-0.2, 0) is 4.79 Å². The molecule has 0 radical (unpaired) electrons. The van der Waals surface area contributed by atoms with E-state index in [4.69, 9.17) is 5.11 Å². The quantitative estimate of drug-likeness (QED) is 0.863. The van der Waals surface area contributed by atoms with Crippen LogP contribution < -0.4 is 4.90 Å². The molecule has 1 rings (SSSR count). The van der Waals surface area contributed by atoms with Crippen LogP contribution in [0.5, 0.6) is 0 Å². The van der Waals surface area contributed by atoms with Crippen molar-refractivity contribution >= 4 is 11.6 Å². The number of halogens is 3. The summed E-state index contributed by atoms with van der Waals surface area (Å²) in [5.74, 6) is -0.464. The molecule has 0 aromatic heterocycles. The van der Waals surface area contributed by atoms with E-state index in [1.54, 1.807) is 30.3 Å². The monoisotopic (exact) mass is 290 g/mol. The molecule has 0 heterocycles. The van der Waals surface area contributed by atoms with Crippen molar-refractivity contribution in [2.75, 3.05) is 38.2 Å². The van der Waals surface area contributed by atoms with Crippen molar-refractivity contribution < 1.29 is 23.1 Å². The van der Waals surface area contributed by atoms with Crippen LogP contribution in [0, 0.1) is 0 Å². The van der Waals surface area contributed by atoms with E-state index in [2.05, 4.69) is 0 Å². The maximum atomic E-state index is 12.4. The molecule has 0 saturated carbocycles. The summed E-state index contributed by atoms with van der Waals surface area (Å²) in [5.41, 5.74) is 0.605. The number of amides is 1. The van der Waals surface area contributed by atoms with Crippen LogP contribution in [0.15, 0.2) is 30.3 Å². The van der Waals surface area contributed by atoms with E-state index >= 15 is 0 Å². The lowest BCUT2D eigenvalue weighted by Crippen LogP contribution is -2.43. The number of carbonyl (C=O) groups excluding carboxylic acids is 1. The van der Waals surface area contributed by atoms with Crippen LogP contribution >= 0.6 is 0 Å². The van der Waals surface area contributed by atoms with Gasteiger partial charge in [-0.1, -0.05) is 18.2 Å². The fraction of sp³-hybridized carbons (Fsp3) is 0.462. The van der Waals surface area contributed by atoms with Gasteiger partial charge in [-0.15, -0.1) is 0 Å².